The third-order valence-corrected chi connectivity index (χ3v) is 3.19. The maximum Gasteiger partial charge on any atom is 0.257 e. The molecule has 5 heteroatoms. The average molecular weight is 315 g/mol. The van der Waals surface area contributed by atoms with Gasteiger partial charge in [-0.05, 0) is 37.1 Å². The minimum absolute atomic E-state index is 0. The van der Waals surface area contributed by atoms with Crippen molar-refractivity contribution in [3.63, 3.8) is 0 Å². The van der Waals surface area contributed by atoms with Gasteiger partial charge in [-0.2, -0.15) is 0 Å². The Kier molecular flexibility index (Phi) is 8.37. The van der Waals surface area contributed by atoms with Crippen LogP contribution in [0.5, 0.6) is 5.75 Å². The largest absolute Gasteiger partial charge is 0.484 e. The zero-order chi connectivity index (χ0) is 15.2. The van der Waals surface area contributed by atoms with Crippen molar-refractivity contribution >= 4 is 18.3 Å². The summed E-state index contributed by atoms with van der Waals surface area (Å²) in [4.78, 5) is 11.6. The second-order valence-electron chi connectivity index (χ2n) is 6.06. The lowest BCUT2D eigenvalue weighted by atomic mass is 9.87. The third kappa shape index (κ3) is 7.34. The van der Waals surface area contributed by atoms with E-state index in [2.05, 4.69) is 31.4 Å². The zero-order valence-corrected chi connectivity index (χ0v) is 14.3. The quantitative estimate of drug-likeness (QED) is 0.848. The van der Waals surface area contributed by atoms with Crippen molar-refractivity contribution in [1.29, 1.82) is 0 Å². The molecule has 1 aromatic rings. The predicted octanol–water partition coefficient (Wildman–Crippen LogP) is 2.51. The molecule has 1 rings (SSSR count). The molecule has 1 aromatic carbocycles. The molecular weight excluding hydrogens is 288 g/mol. The summed E-state index contributed by atoms with van der Waals surface area (Å²) in [5.74, 6) is 0.613. The third-order valence-electron chi connectivity index (χ3n) is 3.19. The second kappa shape index (κ2) is 8.90. The first-order valence-corrected chi connectivity index (χ1v) is 7.00. The van der Waals surface area contributed by atoms with E-state index in [1.165, 1.54) is 5.56 Å². The van der Waals surface area contributed by atoms with E-state index >= 15 is 0 Å². The number of rotatable bonds is 6. The molecule has 0 bridgehead atoms. The van der Waals surface area contributed by atoms with E-state index in [1.54, 1.807) is 0 Å². The molecule has 0 aliphatic heterocycles. The number of halogens is 1. The van der Waals surface area contributed by atoms with Gasteiger partial charge in [0, 0.05) is 12.6 Å². The van der Waals surface area contributed by atoms with Gasteiger partial charge in [0.1, 0.15) is 5.75 Å². The molecule has 2 N–H and O–H groups in total. The maximum atomic E-state index is 11.6. The predicted molar refractivity (Wildman–Crippen MR) is 89.4 cm³/mol. The van der Waals surface area contributed by atoms with Crippen LogP contribution in [0.25, 0.3) is 0 Å². The Bertz CT molecular complexity index is 427. The number of hydrogen-bond donors (Lipinski definition) is 2. The standard InChI is InChI=1S/C16H26N2O2.ClH/c1-12(17-5)10-18-15(19)11-20-14-8-6-13(7-9-14)16(2,3)4;/h6-9,12,17H,10-11H2,1-5H3,(H,18,19);1H. The maximum absolute atomic E-state index is 11.6. The van der Waals surface area contributed by atoms with Gasteiger partial charge < -0.3 is 15.4 Å². The van der Waals surface area contributed by atoms with Crippen molar-refractivity contribution in [3.8, 4) is 5.75 Å². The molecule has 0 spiro atoms. The number of benzene rings is 1. The Morgan fingerprint density at radius 3 is 2.29 bits per heavy atom. The van der Waals surface area contributed by atoms with Gasteiger partial charge in [0.25, 0.3) is 5.91 Å². The topological polar surface area (TPSA) is 50.4 Å². The van der Waals surface area contributed by atoms with Crippen LogP contribution in [0.15, 0.2) is 24.3 Å². The molecule has 0 radical (unpaired) electrons. The van der Waals surface area contributed by atoms with E-state index in [4.69, 9.17) is 4.74 Å². The van der Waals surface area contributed by atoms with Gasteiger partial charge in [-0.25, -0.2) is 0 Å². The summed E-state index contributed by atoms with van der Waals surface area (Å²) in [7, 11) is 1.87. The van der Waals surface area contributed by atoms with Gasteiger partial charge >= 0.3 is 0 Å². The Morgan fingerprint density at radius 1 is 1.24 bits per heavy atom. The summed E-state index contributed by atoms with van der Waals surface area (Å²) in [6.45, 7) is 9.15. The highest BCUT2D eigenvalue weighted by Crippen LogP contribution is 2.24. The molecule has 0 aliphatic rings. The van der Waals surface area contributed by atoms with Crippen molar-refractivity contribution in [1.82, 2.24) is 10.6 Å². The van der Waals surface area contributed by atoms with Crippen LogP contribution in [0, 0.1) is 0 Å². The molecule has 21 heavy (non-hydrogen) atoms. The highest BCUT2D eigenvalue weighted by Gasteiger charge is 2.13. The lowest BCUT2D eigenvalue weighted by Crippen LogP contribution is -2.39. The number of ether oxygens (including phenoxy) is 1. The van der Waals surface area contributed by atoms with Crippen LogP contribution in [-0.4, -0.2) is 32.1 Å². The molecule has 0 saturated carbocycles. The summed E-state index contributed by atoms with van der Waals surface area (Å²) in [6, 6.07) is 8.14. The zero-order valence-electron chi connectivity index (χ0n) is 13.5. The molecule has 0 saturated heterocycles. The van der Waals surface area contributed by atoms with E-state index in [1.807, 2.05) is 38.2 Å². The normalized spacial score (nSPS) is 12.2. The van der Waals surface area contributed by atoms with Gasteiger partial charge in [0.2, 0.25) is 0 Å². The van der Waals surface area contributed by atoms with Gasteiger partial charge in [-0.1, -0.05) is 32.9 Å². The minimum atomic E-state index is -0.105. The molecule has 1 atom stereocenters. The van der Waals surface area contributed by atoms with E-state index in [-0.39, 0.29) is 36.4 Å². The number of likely N-dealkylation sites (N-methyl/N-ethyl adjacent to an activating group) is 1. The molecule has 120 valence electrons. The van der Waals surface area contributed by atoms with Crippen LogP contribution in [0.4, 0.5) is 0 Å². The Hall–Kier alpha value is -1.26. The lowest BCUT2D eigenvalue weighted by Gasteiger charge is -2.19. The molecule has 4 nitrogen and oxygen atoms in total. The van der Waals surface area contributed by atoms with Crippen molar-refractivity contribution in [2.45, 2.75) is 39.2 Å². The number of carbonyl (C=O) groups excluding carboxylic acids is 1. The average Bonchev–Trinajstić information content (AvgIpc) is 2.41. The number of hydrogen-bond acceptors (Lipinski definition) is 3. The van der Waals surface area contributed by atoms with E-state index in [9.17, 15) is 4.79 Å². The van der Waals surface area contributed by atoms with Crippen LogP contribution in [-0.2, 0) is 10.2 Å². The Labute approximate surface area is 134 Å². The van der Waals surface area contributed by atoms with Gasteiger partial charge in [0.05, 0.1) is 0 Å². The molecular formula is C16H27ClN2O2. The first-order chi connectivity index (χ1) is 9.32. The van der Waals surface area contributed by atoms with Gasteiger partial charge in [0.15, 0.2) is 6.61 Å². The Balaban J connectivity index is 0.00000400. The monoisotopic (exact) mass is 314 g/mol. The fraction of sp³-hybridized carbons (Fsp3) is 0.562. The molecule has 1 unspecified atom stereocenters. The summed E-state index contributed by atoms with van der Waals surface area (Å²) >= 11 is 0. The summed E-state index contributed by atoms with van der Waals surface area (Å²) < 4.78 is 5.47. The fourth-order valence-electron chi connectivity index (χ4n) is 1.62. The SMILES string of the molecule is CNC(C)CNC(=O)COc1ccc(C(C)(C)C)cc1.Cl. The fourth-order valence-corrected chi connectivity index (χ4v) is 1.62. The van der Waals surface area contributed by atoms with Gasteiger partial charge in [-0.15, -0.1) is 12.4 Å². The molecule has 0 heterocycles. The van der Waals surface area contributed by atoms with Crippen LogP contribution in [0.2, 0.25) is 0 Å². The Morgan fingerprint density at radius 2 is 1.81 bits per heavy atom. The smallest absolute Gasteiger partial charge is 0.257 e. The lowest BCUT2D eigenvalue weighted by molar-refractivity contribution is -0.123. The van der Waals surface area contributed by atoms with Crippen molar-refractivity contribution in [2.75, 3.05) is 20.2 Å². The summed E-state index contributed by atoms with van der Waals surface area (Å²) in [5, 5.41) is 5.87. The molecule has 0 aliphatic carbocycles. The van der Waals surface area contributed by atoms with E-state index < -0.39 is 0 Å². The first kappa shape index (κ1) is 19.7. The minimum Gasteiger partial charge on any atom is -0.484 e. The van der Waals surface area contributed by atoms with Crippen molar-refractivity contribution < 1.29 is 9.53 Å². The number of amides is 1. The summed E-state index contributed by atoms with van der Waals surface area (Å²) in [5.41, 5.74) is 1.37. The van der Waals surface area contributed by atoms with Crippen LogP contribution < -0.4 is 15.4 Å². The molecule has 0 aromatic heterocycles. The van der Waals surface area contributed by atoms with Crippen LogP contribution in [0.1, 0.15) is 33.3 Å². The van der Waals surface area contributed by atoms with E-state index in [0.717, 1.165) is 5.75 Å². The molecule has 1 amide bonds. The second-order valence-corrected chi connectivity index (χ2v) is 6.06. The number of nitrogens with one attached hydrogen (secondary N) is 2. The van der Waals surface area contributed by atoms with Gasteiger partial charge in [-0.3, -0.25) is 4.79 Å². The van der Waals surface area contributed by atoms with Crippen LogP contribution in [0.3, 0.4) is 0 Å². The highest BCUT2D eigenvalue weighted by atomic mass is 35.5. The van der Waals surface area contributed by atoms with E-state index in [0.29, 0.717) is 6.54 Å². The summed E-state index contributed by atoms with van der Waals surface area (Å²) in [6.07, 6.45) is 0. The highest BCUT2D eigenvalue weighted by molar-refractivity contribution is 5.85. The van der Waals surface area contributed by atoms with Crippen molar-refractivity contribution in [2.24, 2.45) is 0 Å². The molecule has 0 fully saturated rings. The van der Waals surface area contributed by atoms with Crippen LogP contribution >= 0.6 is 12.4 Å². The van der Waals surface area contributed by atoms with Crippen molar-refractivity contribution in [3.05, 3.63) is 29.8 Å². The number of carbonyl (C=O) groups is 1. The first-order valence-electron chi connectivity index (χ1n) is 7.00.